The number of nitrogens with two attached hydrogens (primary N) is 1. The molecular weight excluding hydrogens is 341 g/mol. The minimum absolute atomic E-state index is 0.121. The molecule has 5 nitrogen and oxygen atoms in total. The number of nitrogens with zero attached hydrogens (tertiary/aromatic N) is 2. The fraction of sp³-hybridized carbons (Fsp3) is 0.286. The van der Waals surface area contributed by atoms with Crippen molar-refractivity contribution in [3.63, 3.8) is 0 Å². The van der Waals surface area contributed by atoms with Gasteiger partial charge in [0.25, 0.3) is 5.56 Å². The molecule has 0 radical (unpaired) electrons. The lowest BCUT2D eigenvalue weighted by Gasteiger charge is -2.09. The summed E-state index contributed by atoms with van der Waals surface area (Å²) in [4.78, 5) is 11.9. The molecule has 2 aromatic rings. The van der Waals surface area contributed by atoms with Crippen molar-refractivity contribution in [2.45, 2.75) is 19.5 Å². The van der Waals surface area contributed by atoms with Crippen molar-refractivity contribution in [3.05, 3.63) is 56.7 Å². The topological polar surface area (TPSA) is 70.1 Å². The van der Waals surface area contributed by atoms with Crippen LogP contribution < -0.4 is 16.0 Å². The van der Waals surface area contributed by atoms with E-state index < -0.39 is 0 Å². The van der Waals surface area contributed by atoms with E-state index >= 15 is 0 Å². The zero-order valence-corrected chi connectivity index (χ0v) is 13.0. The summed E-state index contributed by atoms with van der Waals surface area (Å²) in [5.41, 5.74) is 6.04. The Morgan fingerprint density at radius 1 is 1.48 bits per heavy atom. The summed E-state index contributed by atoms with van der Waals surface area (Å²) in [6.07, 6.45) is 1.46. The van der Waals surface area contributed by atoms with Crippen LogP contribution in [-0.4, -0.2) is 22.4 Å². The van der Waals surface area contributed by atoms with Gasteiger partial charge in [0.05, 0.1) is 17.2 Å². The molecule has 1 aromatic heterocycles. The maximum atomic E-state index is 13.2. The van der Waals surface area contributed by atoms with Crippen LogP contribution in [0.5, 0.6) is 5.75 Å². The highest BCUT2D eigenvalue weighted by Gasteiger charge is 2.05. The first-order valence-electron chi connectivity index (χ1n) is 6.35. The second kappa shape index (κ2) is 6.82. The normalized spacial score (nSPS) is 12.2. The minimum Gasteiger partial charge on any atom is -0.490 e. The summed E-state index contributed by atoms with van der Waals surface area (Å²) >= 11 is 3.11. The molecule has 0 saturated heterocycles. The zero-order valence-electron chi connectivity index (χ0n) is 11.4. The molecule has 0 amide bonds. The SMILES string of the molecule is CC(N)COc1cnn(Cc2ccc(F)c(Br)c2)c(=O)c1. The molecule has 2 rings (SSSR count). The predicted molar refractivity (Wildman–Crippen MR) is 80.8 cm³/mol. The lowest BCUT2D eigenvalue weighted by molar-refractivity contribution is 0.293. The quantitative estimate of drug-likeness (QED) is 0.889. The number of hydrogen-bond acceptors (Lipinski definition) is 4. The van der Waals surface area contributed by atoms with Gasteiger partial charge in [-0.05, 0) is 40.5 Å². The van der Waals surface area contributed by atoms with Gasteiger partial charge in [-0.3, -0.25) is 4.79 Å². The second-order valence-corrected chi connectivity index (χ2v) is 5.58. The van der Waals surface area contributed by atoms with Crippen LogP contribution in [0.1, 0.15) is 12.5 Å². The Kier molecular flexibility index (Phi) is 5.08. The number of hydrogen-bond donors (Lipinski definition) is 1. The molecule has 0 bridgehead atoms. The van der Waals surface area contributed by atoms with Crippen molar-refractivity contribution in [2.24, 2.45) is 5.73 Å². The molecule has 112 valence electrons. The molecule has 1 aromatic carbocycles. The average molecular weight is 356 g/mol. The first-order valence-corrected chi connectivity index (χ1v) is 7.14. The molecule has 0 aliphatic carbocycles. The van der Waals surface area contributed by atoms with Gasteiger partial charge < -0.3 is 10.5 Å². The number of halogens is 2. The van der Waals surface area contributed by atoms with E-state index in [9.17, 15) is 9.18 Å². The van der Waals surface area contributed by atoms with E-state index in [-0.39, 0.29) is 24.0 Å². The Balaban J connectivity index is 2.13. The summed E-state index contributed by atoms with van der Waals surface area (Å²) in [5, 5.41) is 4.03. The molecule has 0 fully saturated rings. The molecule has 0 aliphatic rings. The van der Waals surface area contributed by atoms with E-state index in [0.29, 0.717) is 16.8 Å². The maximum absolute atomic E-state index is 13.2. The van der Waals surface area contributed by atoms with Gasteiger partial charge in [-0.2, -0.15) is 5.10 Å². The predicted octanol–water partition coefficient (Wildman–Crippen LogP) is 1.92. The van der Waals surface area contributed by atoms with E-state index in [0.717, 1.165) is 5.56 Å². The Morgan fingerprint density at radius 2 is 2.24 bits per heavy atom. The fourth-order valence-electron chi connectivity index (χ4n) is 1.65. The van der Waals surface area contributed by atoms with Crippen molar-refractivity contribution in [1.82, 2.24) is 9.78 Å². The monoisotopic (exact) mass is 355 g/mol. The van der Waals surface area contributed by atoms with Crippen molar-refractivity contribution < 1.29 is 9.13 Å². The Labute approximate surface area is 129 Å². The van der Waals surface area contributed by atoms with Crippen LogP contribution in [0, 0.1) is 5.82 Å². The molecule has 7 heteroatoms. The molecule has 1 heterocycles. The van der Waals surface area contributed by atoms with E-state index in [1.54, 1.807) is 19.1 Å². The van der Waals surface area contributed by atoms with Crippen molar-refractivity contribution in [3.8, 4) is 5.75 Å². The molecular formula is C14H15BrFN3O2. The van der Waals surface area contributed by atoms with E-state index in [1.165, 1.54) is 23.0 Å². The van der Waals surface area contributed by atoms with Crippen molar-refractivity contribution >= 4 is 15.9 Å². The lowest BCUT2D eigenvalue weighted by Crippen LogP contribution is -2.26. The average Bonchev–Trinajstić information content (AvgIpc) is 2.43. The summed E-state index contributed by atoms with van der Waals surface area (Å²) in [5.74, 6) is 0.0348. The van der Waals surface area contributed by atoms with E-state index in [1.807, 2.05) is 0 Å². The highest BCUT2D eigenvalue weighted by atomic mass is 79.9. The second-order valence-electron chi connectivity index (χ2n) is 4.72. The number of benzene rings is 1. The number of ether oxygens (including phenoxy) is 1. The van der Waals surface area contributed by atoms with Crippen LogP contribution in [0.3, 0.4) is 0 Å². The third-order valence-corrected chi connectivity index (χ3v) is 3.28. The van der Waals surface area contributed by atoms with Gasteiger partial charge in [0.15, 0.2) is 0 Å². The molecule has 0 spiro atoms. The van der Waals surface area contributed by atoms with Crippen molar-refractivity contribution in [1.29, 1.82) is 0 Å². The minimum atomic E-state index is -0.348. The summed E-state index contributed by atoms with van der Waals surface area (Å²) < 4.78 is 20.1. The smallest absolute Gasteiger partial charge is 0.270 e. The van der Waals surface area contributed by atoms with Crippen LogP contribution in [0.4, 0.5) is 4.39 Å². The van der Waals surface area contributed by atoms with Crippen LogP contribution in [0.2, 0.25) is 0 Å². The van der Waals surface area contributed by atoms with E-state index in [2.05, 4.69) is 21.0 Å². The van der Waals surface area contributed by atoms with Gasteiger partial charge in [-0.1, -0.05) is 6.07 Å². The first-order chi connectivity index (χ1) is 9.95. The molecule has 21 heavy (non-hydrogen) atoms. The van der Waals surface area contributed by atoms with Crippen LogP contribution in [0.25, 0.3) is 0 Å². The molecule has 1 unspecified atom stereocenters. The van der Waals surface area contributed by atoms with Crippen molar-refractivity contribution in [2.75, 3.05) is 6.61 Å². The highest BCUT2D eigenvalue weighted by molar-refractivity contribution is 9.10. The van der Waals surface area contributed by atoms with Gasteiger partial charge in [-0.25, -0.2) is 9.07 Å². The molecule has 2 N–H and O–H groups in total. The third kappa shape index (κ3) is 4.37. The van der Waals surface area contributed by atoms with Crippen LogP contribution in [-0.2, 0) is 6.54 Å². The summed E-state index contributed by atoms with van der Waals surface area (Å²) in [7, 11) is 0. The number of aromatic nitrogens is 2. The van der Waals surface area contributed by atoms with Gasteiger partial charge in [-0.15, -0.1) is 0 Å². The van der Waals surface area contributed by atoms with Gasteiger partial charge in [0.1, 0.15) is 18.2 Å². The summed E-state index contributed by atoms with van der Waals surface area (Å²) in [6.45, 7) is 2.38. The summed E-state index contributed by atoms with van der Waals surface area (Å²) in [6, 6.07) is 5.79. The standard InChI is InChI=1S/C14H15BrFN3O2/c1-9(17)8-21-11-5-14(20)19(18-6-11)7-10-2-3-13(16)12(15)4-10/h2-6,9H,7-8,17H2,1H3. The largest absolute Gasteiger partial charge is 0.490 e. The number of rotatable bonds is 5. The van der Waals surface area contributed by atoms with Crippen LogP contribution in [0.15, 0.2) is 39.7 Å². The molecule has 0 saturated carbocycles. The maximum Gasteiger partial charge on any atom is 0.270 e. The Morgan fingerprint density at radius 3 is 2.86 bits per heavy atom. The fourth-order valence-corrected chi connectivity index (χ4v) is 2.08. The van der Waals surface area contributed by atoms with Gasteiger partial charge in [0, 0.05) is 12.1 Å². The lowest BCUT2D eigenvalue weighted by atomic mass is 10.2. The van der Waals surface area contributed by atoms with E-state index in [4.69, 9.17) is 10.5 Å². The van der Waals surface area contributed by atoms with Gasteiger partial charge >= 0.3 is 0 Å². The zero-order chi connectivity index (χ0) is 15.4. The van der Waals surface area contributed by atoms with Gasteiger partial charge in [0.2, 0.25) is 0 Å². The first kappa shape index (κ1) is 15.7. The Hall–Kier alpha value is -1.73. The molecule has 1 atom stereocenters. The molecule has 0 aliphatic heterocycles. The highest BCUT2D eigenvalue weighted by Crippen LogP contribution is 2.17. The third-order valence-electron chi connectivity index (χ3n) is 2.67. The Bertz CT molecular complexity index is 688. The van der Waals surface area contributed by atoms with Crippen LogP contribution >= 0.6 is 15.9 Å².